The van der Waals surface area contributed by atoms with Crippen LogP contribution >= 0.6 is 0 Å². The fourth-order valence-electron chi connectivity index (χ4n) is 5.59. The molecule has 4 heterocycles. The Bertz CT molecular complexity index is 1770. The molecule has 0 atom stereocenters. The Labute approximate surface area is 224 Å². The van der Waals surface area contributed by atoms with E-state index in [9.17, 15) is 9.18 Å². The van der Waals surface area contributed by atoms with E-state index in [2.05, 4.69) is 38.5 Å². The molecule has 2 N–H and O–H groups in total. The summed E-state index contributed by atoms with van der Waals surface area (Å²) in [6.45, 7) is 0.552. The highest BCUT2D eigenvalue weighted by molar-refractivity contribution is 6.15. The van der Waals surface area contributed by atoms with Gasteiger partial charge in [0.15, 0.2) is 5.82 Å². The van der Waals surface area contributed by atoms with Gasteiger partial charge in [0.05, 0.1) is 30.1 Å². The van der Waals surface area contributed by atoms with Gasteiger partial charge in [-0.25, -0.2) is 9.37 Å². The second-order valence-corrected chi connectivity index (χ2v) is 10.1. The molecule has 7 nitrogen and oxygen atoms in total. The number of benzene rings is 2. The van der Waals surface area contributed by atoms with E-state index in [1.807, 2.05) is 6.07 Å². The Morgan fingerprint density at radius 1 is 0.897 bits per heavy atom. The van der Waals surface area contributed by atoms with E-state index in [1.165, 1.54) is 6.07 Å². The molecule has 0 radical (unpaired) electrons. The van der Waals surface area contributed by atoms with Gasteiger partial charge in [0.1, 0.15) is 17.0 Å². The molecule has 5 aromatic rings. The molecule has 2 aliphatic rings. The fraction of sp³-hybridized carbons (Fsp3) is 0.194. The number of nitrogens with one attached hydrogen (secondary N) is 2. The summed E-state index contributed by atoms with van der Waals surface area (Å²) in [5, 5.41) is 3.05. The Morgan fingerprint density at radius 2 is 1.74 bits per heavy atom. The van der Waals surface area contributed by atoms with Gasteiger partial charge < -0.3 is 10.3 Å². The molecule has 3 aromatic heterocycles. The Kier molecular flexibility index (Phi) is 5.73. The van der Waals surface area contributed by atoms with Crippen LogP contribution in [0.25, 0.3) is 33.3 Å². The SMILES string of the molecule is O=C(Nc1cncc(-c2ccc3c(c2)C(c2nc4c(-c5ccccc5F)cncc4[nH]2)=NC3)c1)C1CCCC1. The molecular formula is C31H25FN6O. The average Bonchev–Trinajstić information content (AvgIpc) is 3.73. The van der Waals surface area contributed by atoms with Gasteiger partial charge >= 0.3 is 0 Å². The number of carbonyl (C=O) groups excluding carboxylic acids is 1. The Morgan fingerprint density at radius 3 is 2.62 bits per heavy atom. The topological polar surface area (TPSA) is 95.9 Å². The third-order valence-corrected chi connectivity index (χ3v) is 7.62. The summed E-state index contributed by atoms with van der Waals surface area (Å²) < 4.78 is 14.6. The Hall–Kier alpha value is -4.72. The first-order valence-electron chi connectivity index (χ1n) is 13.2. The zero-order chi connectivity index (χ0) is 26.3. The van der Waals surface area contributed by atoms with Crippen molar-refractivity contribution in [3.05, 3.63) is 96.1 Å². The van der Waals surface area contributed by atoms with Crippen LogP contribution in [-0.4, -0.2) is 31.6 Å². The summed E-state index contributed by atoms with van der Waals surface area (Å²) in [6.07, 6.45) is 10.9. The van der Waals surface area contributed by atoms with E-state index >= 15 is 0 Å². The molecule has 8 heteroatoms. The predicted molar refractivity (Wildman–Crippen MR) is 149 cm³/mol. The largest absolute Gasteiger partial charge is 0.335 e. The van der Waals surface area contributed by atoms with Gasteiger partial charge in [-0.15, -0.1) is 0 Å². The minimum Gasteiger partial charge on any atom is -0.335 e. The van der Waals surface area contributed by atoms with Crippen LogP contribution < -0.4 is 5.32 Å². The maximum Gasteiger partial charge on any atom is 0.227 e. The highest BCUT2D eigenvalue weighted by Gasteiger charge is 2.24. The van der Waals surface area contributed by atoms with Crippen LogP contribution in [0.3, 0.4) is 0 Å². The van der Waals surface area contributed by atoms with Crippen LogP contribution in [0.15, 0.2) is 78.3 Å². The molecule has 1 fully saturated rings. The minimum absolute atomic E-state index is 0.0731. The van der Waals surface area contributed by atoms with E-state index in [-0.39, 0.29) is 17.6 Å². The van der Waals surface area contributed by atoms with Gasteiger partial charge in [0, 0.05) is 40.6 Å². The zero-order valence-corrected chi connectivity index (χ0v) is 21.1. The van der Waals surface area contributed by atoms with E-state index in [0.29, 0.717) is 40.2 Å². The second kappa shape index (κ2) is 9.54. The van der Waals surface area contributed by atoms with Crippen LogP contribution in [-0.2, 0) is 11.3 Å². The molecular weight excluding hydrogens is 491 g/mol. The molecule has 192 valence electrons. The van der Waals surface area contributed by atoms with Crippen LogP contribution in [0.2, 0.25) is 0 Å². The van der Waals surface area contributed by atoms with Crippen molar-refractivity contribution in [3.63, 3.8) is 0 Å². The number of hydrogen-bond donors (Lipinski definition) is 2. The van der Waals surface area contributed by atoms with Crippen LogP contribution in [0.5, 0.6) is 0 Å². The summed E-state index contributed by atoms with van der Waals surface area (Å²) in [7, 11) is 0. The lowest BCUT2D eigenvalue weighted by molar-refractivity contribution is -0.119. The number of aliphatic imine (C=N–C) groups is 1. The molecule has 1 aliphatic carbocycles. The summed E-state index contributed by atoms with van der Waals surface area (Å²) >= 11 is 0. The maximum atomic E-state index is 14.6. The smallest absolute Gasteiger partial charge is 0.227 e. The van der Waals surface area contributed by atoms with Crippen molar-refractivity contribution in [1.82, 2.24) is 19.9 Å². The molecule has 1 aliphatic heterocycles. The third kappa shape index (κ3) is 4.27. The lowest BCUT2D eigenvalue weighted by Crippen LogP contribution is -2.20. The van der Waals surface area contributed by atoms with Crippen molar-refractivity contribution < 1.29 is 9.18 Å². The number of imidazole rings is 1. The fourth-order valence-corrected chi connectivity index (χ4v) is 5.59. The number of aromatic amines is 1. The van der Waals surface area contributed by atoms with E-state index in [0.717, 1.165) is 53.6 Å². The Balaban J connectivity index is 1.21. The second-order valence-electron chi connectivity index (χ2n) is 10.1. The first-order valence-corrected chi connectivity index (χ1v) is 13.2. The number of fused-ring (bicyclic) bond motifs is 2. The number of carbonyl (C=O) groups is 1. The van der Waals surface area contributed by atoms with Gasteiger partial charge in [-0.3, -0.25) is 19.8 Å². The molecule has 2 aromatic carbocycles. The number of nitrogens with zero attached hydrogens (tertiary/aromatic N) is 4. The van der Waals surface area contributed by atoms with Gasteiger partial charge in [0.25, 0.3) is 0 Å². The summed E-state index contributed by atoms with van der Waals surface area (Å²) in [6, 6.07) is 14.8. The first kappa shape index (κ1) is 23.4. The molecule has 0 bridgehead atoms. The molecule has 0 saturated heterocycles. The number of anilines is 1. The quantitative estimate of drug-likeness (QED) is 0.286. The van der Waals surface area contributed by atoms with Gasteiger partial charge in [-0.2, -0.15) is 0 Å². The maximum absolute atomic E-state index is 14.6. The number of rotatable bonds is 5. The van der Waals surface area contributed by atoms with Crippen LogP contribution in [0, 0.1) is 11.7 Å². The van der Waals surface area contributed by atoms with E-state index < -0.39 is 0 Å². The highest BCUT2D eigenvalue weighted by atomic mass is 19.1. The van der Waals surface area contributed by atoms with Gasteiger partial charge in [-0.05, 0) is 42.2 Å². The molecule has 0 spiro atoms. The zero-order valence-electron chi connectivity index (χ0n) is 21.1. The van der Waals surface area contributed by atoms with Crippen molar-refractivity contribution in [1.29, 1.82) is 0 Å². The molecule has 7 rings (SSSR count). The molecule has 1 saturated carbocycles. The van der Waals surface area contributed by atoms with Crippen molar-refractivity contribution in [2.24, 2.45) is 10.9 Å². The highest BCUT2D eigenvalue weighted by Crippen LogP contribution is 2.32. The van der Waals surface area contributed by atoms with Gasteiger partial charge in [0.2, 0.25) is 5.91 Å². The normalized spacial score (nSPS) is 14.9. The van der Waals surface area contributed by atoms with Crippen molar-refractivity contribution in [2.75, 3.05) is 5.32 Å². The molecule has 39 heavy (non-hydrogen) atoms. The number of amides is 1. The first-order chi connectivity index (χ1) is 19.1. The molecule has 0 unspecified atom stereocenters. The number of pyridine rings is 2. The summed E-state index contributed by atoms with van der Waals surface area (Å²) in [5.41, 5.74) is 7.85. The number of halogens is 1. The van der Waals surface area contributed by atoms with Gasteiger partial charge in [-0.1, -0.05) is 43.2 Å². The number of aromatic nitrogens is 4. The number of H-pyrrole nitrogens is 1. The van der Waals surface area contributed by atoms with Crippen molar-refractivity contribution in [3.8, 4) is 22.3 Å². The standard InChI is InChI=1S/C31H25FN6O/c32-26-8-4-3-7-23(26)25-16-34-17-27-28(25)38-30(37-27)29-24-12-19(9-10-20(24)14-35-29)21-11-22(15-33-13-21)36-31(39)18-5-1-2-6-18/h3-4,7-13,15-18H,1-2,5-6,14H2,(H,36,39)(H,37,38). The van der Waals surface area contributed by atoms with Crippen molar-refractivity contribution in [2.45, 2.75) is 32.2 Å². The lowest BCUT2D eigenvalue weighted by atomic mass is 9.98. The minimum atomic E-state index is -0.320. The van der Waals surface area contributed by atoms with Crippen molar-refractivity contribution >= 4 is 28.3 Å². The summed E-state index contributed by atoms with van der Waals surface area (Å²) in [4.78, 5) is 34.3. The predicted octanol–water partition coefficient (Wildman–Crippen LogP) is 6.31. The van der Waals surface area contributed by atoms with E-state index in [4.69, 9.17) is 9.98 Å². The molecule has 1 amide bonds. The lowest BCUT2D eigenvalue weighted by Gasteiger charge is -2.11. The van der Waals surface area contributed by atoms with E-state index in [1.54, 1.807) is 43.0 Å². The summed E-state index contributed by atoms with van der Waals surface area (Å²) in [5.74, 6) is 0.455. The third-order valence-electron chi connectivity index (χ3n) is 7.62. The number of hydrogen-bond acceptors (Lipinski definition) is 5. The van der Waals surface area contributed by atoms with Crippen LogP contribution in [0.1, 0.15) is 42.6 Å². The monoisotopic (exact) mass is 516 g/mol. The average molecular weight is 517 g/mol. The van der Waals surface area contributed by atoms with Crippen LogP contribution in [0.4, 0.5) is 10.1 Å².